The molecule has 2 aromatic heterocycles. The number of hydrazine groups is 1. The number of carbonyl (C=O) groups is 2. The third-order valence-corrected chi connectivity index (χ3v) is 12.0. The normalized spacial score (nSPS) is 16.4. The number of nitrogens with two attached hydrogens (primary N) is 1. The van der Waals surface area contributed by atoms with E-state index in [4.69, 9.17) is 65.9 Å². The summed E-state index contributed by atoms with van der Waals surface area (Å²) in [7, 11) is 9.09. The number of aliphatic hydroxyl groups is 2. The average molecular weight is 1070 g/mol. The van der Waals surface area contributed by atoms with Crippen LogP contribution in [0.25, 0.3) is 16.6 Å². The van der Waals surface area contributed by atoms with Crippen LogP contribution in [0.5, 0.6) is 34.5 Å². The van der Waals surface area contributed by atoms with Crippen LogP contribution in [0.4, 0.5) is 20.4 Å². The lowest BCUT2D eigenvalue weighted by Gasteiger charge is -2.23. The molecule has 8 rings (SSSR count). The van der Waals surface area contributed by atoms with Crippen molar-refractivity contribution < 1.29 is 63.5 Å². The Bertz CT molecular complexity index is 3040. The van der Waals surface area contributed by atoms with Crippen LogP contribution in [-0.2, 0) is 22.7 Å². The number of ether oxygens (including phenoxy) is 6. The number of nitrogens with one attached hydrogen (secondary N) is 2. The van der Waals surface area contributed by atoms with Crippen LogP contribution in [0.2, 0.25) is 0 Å². The molecule has 2 fully saturated rings. The van der Waals surface area contributed by atoms with Gasteiger partial charge in [-0.1, -0.05) is 26.7 Å². The van der Waals surface area contributed by atoms with Crippen molar-refractivity contribution >= 4 is 46.1 Å². The lowest BCUT2D eigenvalue weighted by molar-refractivity contribution is -0.134. The molecule has 4 unspecified atom stereocenters. The first-order chi connectivity index (χ1) is 37.5. The number of hydrogen-bond donors (Lipinski definition) is 6. The lowest BCUT2D eigenvalue weighted by Crippen LogP contribution is -2.38. The molecule has 414 valence electrons. The van der Waals surface area contributed by atoms with E-state index in [1.54, 1.807) is 58.1 Å². The van der Waals surface area contributed by atoms with Gasteiger partial charge in [0.1, 0.15) is 29.1 Å². The topological polar surface area (TPSA) is 292 Å². The number of aliphatic hydroxyl groups excluding tert-OH is 2. The highest BCUT2D eigenvalue weighted by atomic mass is 19.1. The van der Waals surface area contributed by atoms with Gasteiger partial charge in [0.25, 0.3) is 5.97 Å². The second kappa shape index (κ2) is 31.0. The van der Waals surface area contributed by atoms with Crippen molar-refractivity contribution in [2.45, 2.75) is 103 Å². The zero-order valence-corrected chi connectivity index (χ0v) is 44.4. The maximum Gasteiger partial charge on any atom is 0.300 e. The molecule has 4 aromatic carbocycles. The molecule has 0 aliphatic heterocycles. The summed E-state index contributed by atoms with van der Waals surface area (Å²) in [4.78, 5) is 37.5. The number of nitrogens with zero attached hydrogens (tertiary/aromatic N) is 7. The largest absolute Gasteiger partial charge is 0.497 e. The number of nitriles is 1. The van der Waals surface area contributed by atoms with E-state index < -0.39 is 17.6 Å². The maximum absolute atomic E-state index is 14.6. The van der Waals surface area contributed by atoms with Gasteiger partial charge >= 0.3 is 0 Å². The number of carbonyl (C=O) groups excluding carboxylic acids is 1. The lowest BCUT2D eigenvalue weighted by atomic mass is 9.87. The molecule has 2 aliphatic rings. The molecule has 7 N–H and O–H groups in total. The van der Waals surface area contributed by atoms with Gasteiger partial charge < -0.3 is 49.1 Å². The fourth-order valence-corrected chi connectivity index (χ4v) is 8.23. The van der Waals surface area contributed by atoms with Gasteiger partial charge in [-0.3, -0.25) is 15.0 Å². The first kappa shape index (κ1) is 59.7. The van der Waals surface area contributed by atoms with E-state index >= 15 is 0 Å². The fraction of sp³-hybridized carbons (Fsp3) is 0.426. The highest BCUT2D eigenvalue weighted by Crippen LogP contribution is 2.35. The Morgan fingerprint density at radius 2 is 1.39 bits per heavy atom. The maximum atomic E-state index is 14.6. The molecule has 23 heteroatoms. The Kier molecular flexibility index (Phi) is 24.1. The Balaban J connectivity index is 0.000000264. The van der Waals surface area contributed by atoms with Crippen LogP contribution in [0.1, 0.15) is 102 Å². The van der Waals surface area contributed by atoms with Gasteiger partial charge in [0.2, 0.25) is 11.9 Å². The van der Waals surface area contributed by atoms with Crippen molar-refractivity contribution in [1.82, 2.24) is 25.0 Å². The van der Waals surface area contributed by atoms with E-state index in [2.05, 4.69) is 26.7 Å². The predicted molar refractivity (Wildman–Crippen MR) is 284 cm³/mol. The number of carboxylic acid groups (broad SMARTS) is 1. The first-order valence-corrected chi connectivity index (χ1v) is 24.4. The molecular formula is C54H68F2N10O11. The summed E-state index contributed by atoms with van der Waals surface area (Å²) in [5.74, 6) is 6.67. The Morgan fingerprint density at radius 3 is 1.96 bits per heavy atom. The second-order valence-electron chi connectivity index (χ2n) is 17.1. The molecule has 1 amide bonds. The van der Waals surface area contributed by atoms with Gasteiger partial charge in [0, 0.05) is 67.5 Å². The molecule has 2 heterocycles. The number of benzene rings is 4. The standard InChI is InChI=1S/C25H28FN5O4.C18H16FN3O3.C7H14N2O2.C2H4O2.C2H6/c1-33-17-8-7-15(21(10-17)34-2)13-27-25-28-20-12-22(35-3)19(26)11-18(20)24-29-23(30-31(24)25)14-5-4-6-16(32)9-14;1-23-14-5-4-12(17(7-14)24-2)10-21-11-22-16-8-18(25-3)15(19)6-13(16)9-20;8-9-7(11)5-2-1-3-6(10)4-5;1-2(3)4;1-2/h7-8,10-12,14,16,32H,4-6,9,13H2,1-3H3,(H,27,28);4-8H,10H2,1-3H3;5-6,10H,1-4,8H2,(H,9,11);1H3,(H,3,4);1-2H3/i;;;;1D. The number of methoxy groups -OCH3 is 6. The number of aliphatic carboxylic acids is 1. The average Bonchev–Trinajstić information content (AvgIpc) is 3.90. The van der Waals surface area contributed by atoms with Crippen molar-refractivity contribution in [3.8, 4) is 40.6 Å². The van der Waals surface area contributed by atoms with E-state index in [0.29, 0.717) is 77.6 Å². The van der Waals surface area contributed by atoms with Gasteiger partial charge in [0.05, 0.1) is 84.2 Å². The SMILES string of the molecule is CC(=O)O.COc1ccc(CN=C=Nc2cc(OC)c(F)cc2C#N)c(OC)c1.COc1ccc(CNc2nc3cc(OC)c(F)cc3c3nc(C4CCCC(O)C4)nn23)c(OC)c1.NNC(=O)C1CCCC(O)C1.[2H]CC. The third-order valence-electron chi connectivity index (χ3n) is 12.0. The van der Waals surface area contributed by atoms with E-state index in [9.17, 15) is 23.8 Å². The smallest absolute Gasteiger partial charge is 0.300 e. The number of carboxylic acids is 1. The zero-order chi connectivity index (χ0) is 57.3. The fourth-order valence-electron chi connectivity index (χ4n) is 8.23. The molecule has 2 aliphatic carbocycles. The Morgan fingerprint density at radius 1 is 0.818 bits per heavy atom. The molecule has 4 atom stereocenters. The van der Waals surface area contributed by atoms with Gasteiger partial charge in [-0.25, -0.2) is 29.6 Å². The van der Waals surface area contributed by atoms with Crippen molar-refractivity contribution in [3.05, 3.63) is 94.8 Å². The van der Waals surface area contributed by atoms with Crippen molar-refractivity contribution in [1.29, 1.82) is 5.26 Å². The predicted octanol–water partition coefficient (Wildman–Crippen LogP) is 8.45. The van der Waals surface area contributed by atoms with Crippen LogP contribution in [0, 0.1) is 28.9 Å². The minimum atomic E-state index is -0.833. The minimum absolute atomic E-state index is 0.00336. The summed E-state index contributed by atoms with van der Waals surface area (Å²) in [6.07, 6.45) is 5.66. The molecule has 2 saturated carbocycles. The summed E-state index contributed by atoms with van der Waals surface area (Å²) >= 11 is 0. The molecular weight excluding hydrogens is 1000 g/mol. The van der Waals surface area contributed by atoms with Crippen LogP contribution >= 0.6 is 0 Å². The molecule has 21 nitrogen and oxygen atoms in total. The van der Waals surface area contributed by atoms with Gasteiger partial charge in [-0.15, -0.1) is 5.10 Å². The summed E-state index contributed by atoms with van der Waals surface area (Å²) in [6, 6.07) is 20.7. The van der Waals surface area contributed by atoms with Crippen LogP contribution in [0.3, 0.4) is 0 Å². The quantitative estimate of drug-likeness (QED) is 0.0258. The second-order valence-corrected chi connectivity index (χ2v) is 17.1. The summed E-state index contributed by atoms with van der Waals surface area (Å²) in [6.45, 7) is 4.05. The Labute approximate surface area is 447 Å². The first-order valence-electron chi connectivity index (χ1n) is 25.1. The molecule has 0 spiro atoms. The van der Waals surface area contributed by atoms with Crippen LogP contribution < -0.4 is 45.0 Å². The number of aliphatic imine (C=N–C) groups is 2. The van der Waals surface area contributed by atoms with E-state index in [0.717, 1.165) is 62.6 Å². The summed E-state index contributed by atoms with van der Waals surface area (Å²) in [5, 5.41) is 44.4. The third kappa shape index (κ3) is 17.4. The monoisotopic (exact) mass is 1070 g/mol. The molecule has 0 saturated heterocycles. The number of amides is 1. The number of halogens is 2. The van der Waals surface area contributed by atoms with E-state index in [-0.39, 0.29) is 59.2 Å². The number of hydrogen-bond acceptors (Lipinski definition) is 18. The summed E-state index contributed by atoms with van der Waals surface area (Å²) in [5.41, 5.74) is 5.15. The number of fused-ring (bicyclic) bond motifs is 3. The molecule has 0 radical (unpaired) electrons. The zero-order valence-electron chi connectivity index (χ0n) is 45.4. The van der Waals surface area contributed by atoms with Gasteiger partial charge in [-0.2, -0.15) is 14.8 Å². The highest BCUT2D eigenvalue weighted by molar-refractivity contribution is 5.93. The van der Waals surface area contributed by atoms with E-state index in [1.807, 2.05) is 30.3 Å². The molecule has 6 aromatic rings. The van der Waals surface area contributed by atoms with Crippen molar-refractivity contribution in [2.75, 3.05) is 48.0 Å². The number of anilines is 1. The van der Waals surface area contributed by atoms with Gasteiger partial charge in [-0.05, 0) is 74.9 Å². The number of rotatable bonds is 14. The van der Waals surface area contributed by atoms with Crippen LogP contribution in [-0.4, -0.2) is 108 Å². The Hall–Kier alpha value is -8.16. The molecule has 77 heavy (non-hydrogen) atoms. The van der Waals surface area contributed by atoms with Crippen molar-refractivity contribution in [2.24, 2.45) is 21.7 Å². The minimum Gasteiger partial charge on any atom is -0.497 e. The molecule has 0 bridgehead atoms. The highest BCUT2D eigenvalue weighted by Gasteiger charge is 2.27. The number of aromatic nitrogens is 4. The van der Waals surface area contributed by atoms with Crippen LogP contribution in [0.15, 0.2) is 70.6 Å². The van der Waals surface area contributed by atoms with Crippen molar-refractivity contribution in [3.63, 3.8) is 0 Å². The summed E-state index contributed by atoms with van der Waals surface area (Å²) < 4.78 is 67.3. The van der Waals surface area contributed by atoms with Gasteiger partial charge in [0.15, 0.2) is 34.6 Å². The van der Waals surface area contributed by atoms with E-state index in [1.165, 1.54) is 26.4 Å².